The van der Waals surface area contributed by atoms with E-state index in [9.17, 15) is 0 Å². The lowest BCUT2D eigenvalue weighted by atomic mass is 10.2. The Kier molecular flexibility index (Phi) is 5.18. The van der Waals surface area contributed by atoms with E-state index in [2.05, 4.69) is 10.3 Å². The van der Waals surface area contributed by atoms with Gasteiger partial charge < -0.3 is 16.2 Å². The Bertz CT molecular complexity index is 347. The van der Waals surface area contributed by atoms with Crippen LogP contribution >= 0.6 is 23.4 Å². The van der Waals surface area contributed by atoms with Crippen LogP contribution in [0.1, 0.15) is 6.92 Å². The Hall–Kier alpha value is -0.650. The molecule has 0 aliphatic carbocycles. The molecule has 0 radical (unpaired) electrons. The van der Waals surface area contributed by atoms with Gasteiger partial charge in [-0.25, -0.2) is 4.98 Å². The van der Waals surface area contributed by atoms with Crippen molar-refractivity contribution in [3.05, 3.63) is 17.3 Å². The molecule has 0 aromatic carbocycles. The number of nitrogens with one attached hydrogen (secondary N) is 1. The van der Waals surface area contributed by atoms with Crippen LogP contribution in [0, 0.1) is 0 Å². The molecule has 1 rings (SSSR count). The van der Waals surface area contributed by atoms with Crippen molar-refractivity contribution < 1.29 is 5.11 Å². The third-order valence-electron chi connectivity index (χ3n) is 2.30. The van der Waals surface area contributed by atoms with Crippen LogP contribution in [-0.2, 0) is 0 Å². The predicted molar refractivity (Wildman–Crippen MR) is 71.1 cm³/mol. The number of nitrogens with zero attached hydrogens (tertiary/aromatic N) is 1. The highest BCUT2D eigenvalue weighted by Gasteiger charge is 2.16. The minimum absolute atomic E-state index is 0.0632. The van der Waals surface area contributed by atoms with Crippen LogP contribution in [0.5, 0.6) is 0 Å². The van der Waals surface area contributed by atoms with E-state index in [0.29, 0.717) is 16.7 Å². The molecule has 0 saturated heterocycles. The first-order valence-corrected chi connectivity index (χ1v) is 6.57. The van der Waals surface area contributed by atoms with Gasteiger partial charge in [-0.2, -0.15) is 11.8 Å². The van der Waals surface area contributed by atoms with Gasteiger partial charge in [-0.3, -0.25) is 0 Å². The summed E-state index contributed by atoms with van der Waals surface area (Å²) < 4.78 is 0. The zero-order valence-corrected chi connectivity index (χ0v) is 10.8. The fourth-order valence-electron chi connectivity index (χ4n) is 1.31. The molecule has 0 aliphatic heterocycles. The van der Waals surface area contributed by atoms with Gasteiger partial charge in [-0.05, 0) is 25.3 Å². The summed E-state index contributed by atoms with van der Waals surface area (Å²) in [6.07, 6.45) is 1.95. The number of anilines is 2. The van der Waals surface area contributed by atoms with E-state index in [1.807, 2.05) is 13.2 Å². The molecule has 4 N–H and O–H groups in total. The standard InChI is InChI=1S/C10H16ClN3OS/c1-6(8(5-15)16-2)13-10-7(12)3-4-9(11)14-10/h3-4,6,8,15H,5,12H2,1-2H3,(H,13,14). The lowest BCUT2D eigenvalue weighted by molar-refractivity contribution is 0.288. The minimum atomic E-state index is 0.0632. The molecule has 6 heteroatoms. The van der Waals surface area contributed by atoms with E-state index in [-0.39, 0.29) is 17.9 Å². The minimum Gasteiger partial charge on any atom is -0.396 e. The highest BCUT2D eigenvalue weighted by molar-refractivity contribution is 7.99. The molecule has 1 heterocycles. The number of aliphatic hydroxyl groups is 1. The van der Waals surface area contributed by atoms with Crippen LogP contribution in [0.3, 0.4) is 0 Å². The zero-order chi connectivity index (χ0) is 12.1. The lowest BCUT2D eigenvalue weighted by Gasteiger charge is -2.22. The Balaban J connectivity index is 2.75. The van der Waals surface area contributed by atoms with Crippen LogP contribution in [0.15, 0.2) is 12.1 Å². The molecule has 1 aromatic heterocycles. The van der Waals surface area contributed by atoms with Crippen LogP contribution in [-0.4, -0.2) is 34.2 Å². The monoisotopic (exact) mass is 261 g/mol. The van der Waals surface area contributed by atoms with Crippen LogP contribution in [0.25, 0.3) is 0 Å². The Morgan fingerprint density at radius 2 is 2.31 bits per heavy atom. The SMILES string of the molecule is CSC(CO)C(C)Nc1nc(Cl)ccc1N. The van der Waals surface area contributed by atoms with Crippen molar-refractivity contribution in [3.8, 4) is 0 Å². The van der Waals surface area contributed by atoms with Gasteiger partial charge in [0.05, 0.1) is 12.3 Å². The van der Waals surface area contributed by atoms with E-state index in [4.69, 9.17) is 22.4 Å². The van der Waals surface area contributed by atoms with Crippen LogP contribution in [0.2, 0.25) is 5.15 Å². The summed E-state index contributed by atoms with van der Waals surface area (Å²) in [6.45, 7) is 2.08. The second-order valence-corrected chi connectivity index (χ2v) is 4.93. The number of thioether (sulfide) groups is 1. The summed E-state index contributed by atoms with van der Waals surface area (Å²) in [5.41, 5.74) is 6.32. The first-order valence-electron chi connectivity index (χ1n) is 4.90. The maximum Gasteiger partial charge on any atom is 0.151 e. The van der Waals surface area contributed by atoms with Gasteiger partial charge in [0.15, 0.2) is 5.82 Å². The number of halogens is 1. The molecule has 2 unspecified atom stereocenters. The third-order valence-corrected chi connectivity index (χ3v) is 3.67. The van der Waals surface area contributed by atoms with E-state index in [1.54, 1.807) is 23.9 Å². The molecule has 0 fully saturated rings. The third kappa shape index (κ3) is 3.43. The van der Waals surface area contributed by atoms with Crippen molar-refractivity contribution in [2.24, 2.45) is 0 Å². The van der Waals surface area contributed by atoms with E-state index in [1.165, 1.54) is 0 Å². The molecular formula is C10H16ClN3OS. The number of nitrogens with two attached hydrogens (primary N) is 1. The molecule has 0 aliphatic rings. The maximum absolute atomic E-state index is 9.16. The molecule has 2 atom stereocenters. The van der Waals surface area contributed by atoms with E-state index < -0.39 is 0 Å². The summed E-state index contributed by atoms with van der Waals surface area (Å²) >= 11 is 7.38. The molecule has 90 valence electrons. The number of hydrogen-bond donors (Lipinski definition) is 3. The van der Waals surface area contributed by atoms with Gasteiger partial charge in [0.25, 0.3) is 0 Å². The predicted octanol–water partition coefficient (Wildman–Crippen LogP) is 1.84. The van der Waals surface area contributed by atoms with Gasteiger partial charge in [-0.1, -0.05) is 11.6 Å². The number of aromatic nitrogens is 1. The maximum atomic E-state index is 9.16. The van der Waals surface area contributed by atoms with Crippen molar-refractivity contribution in [1.29, 1.82) is 0 Å². The molecule has 0 bridgehead atoms. The van der Waals surface area contributed by atoms with Gasteiger partial charge in [0, 0.05) is 11.3 Å². The molecule has 1 aromatic rings. The fraction of sp³-hybridized carbons (Fsp3) is 0.500. The largest absolute Gasteiger partial charge is 0.396 e. The molecule has 0 saturated carbocycles. The number of nitrogen functional groups attached to an aromatic ring is 1. The van der Waals surface area contributed by atoms with Gasteiger partial charge in [-0.15, -0.1) is 0 Å². The van der Waals surface area contributed by atoms with Crippen molar-refractivity contribution >= 4 is 34.9 Å². The summed E-state index contributed by atoms with van der Waals surface area (Å²) in [5.74, 6) is 0.563. The molecule has 16 heavy (non-hydrogen) atoms. The van der Waals surface area contributed by atoms with Gasteiger partial charge >= 0.3 is 0 Å². The first kappa shape index (κ1) is 13.4. The summed E-state index contributed by atoms with van der Waals surface area (Å²) in [7, 11) is 0. The number of pyridine rings is 1. The molecule has 4 nitrogen and oxygen atoms in total. The molecule has 0 amide bonds. The smallest absolute Gasteiger partial charge is 0.151 e. The Labute approximate surface area is 105 Å². The first-order chi connectivity index (χ1) is 7.58. The normalized spacial score (nSPS) is 14.5. The highest BCUT2D eigenvalue weighted by Crippen LogP contribution is 2.21. The Morgan fingerprint density at radius 3 is 2.88 bits per heavy atom. The molecule has 0 spiro atoms. The lowest BCUT2D eigenvalue weighted by Crippen LogP contribution is -2.31. The van der Waals surface area contributed by atoms with E-state index in [0.717, 1.165) is 0 Å². The van der Waals surface area contributed by atoms with Crippen LogP contribution < -0.4 is 11.1 Å². The fourth-order valence-corrected chi connectivity index (χ4v) is 2.08. The zero-order valence-electron chi connectivity index (χ0n) is 9.27. The second-order valence-electron chi connectivity index (χ2n) is 3.46. The van der Waals surface area contributed by atoms with Crippen LogP contribution in [0.4, 0.5) is 11.5 Å². The average Bonchev–Trinajstić information content (AvgIpc) is 2.25. The second kappa shape index (κ2) is 6.18. The highest BCUT2D eigenvalue weighted by atomic mass is 35.5. The number of aliphatic hydroxyl groups excluding tert-OH is 1. The van der Waals surface area contributed by atoms with Gasteiger partial charge in [0.2, 0.25) is 0 Å². The van der Waals surface area contributed by atoms with Crippen molar-refractivity contribution in [2.45, 2.75) is 18.2 Å². The Morgan fingerprint density at radius 1 is 1.62 bits per heavy atom. The number of rotatable bonds is 5. The summed E-state index contributed by atoms with van der Waals surface area (Å²) in [6, 6.07) is 3.41. The average molecular weight is 262 g/mol. The van der Waals surface area contributed by atoms with Crippen molar-refractivity contribution in [1.82, 2.24) is 4.98 Å². The van der Waals surface area contributed by atoms with Crippen molar-refractivity contribution in [3.63, 3.8) is 0 Å². The topological polar surface area (TPSA) is 71.2 Å². The number of hydrogen-bond acceptors (Lipinski definition) is 5. The van der Waals surface area contributed by atoms with Gasteiger partial charge in [0.1, 0.15) is 5.15 Å². The van der Waals surface area contributed by atoms with E-state index >= 15 is 0 Å². The summed E-state index contributed by atoms with van der Waals surface area (Å²) in [5, 5.41) is 12.8. The van der Waals surface area contributed by atoms with Crippen molar-refractivity contribution in [2.75, 3.05) is 23.9 Å². The molecular weight excluding hydrogens is 246 g/mol. The quantitative estimate of drug-likeness (QED) is 0.706. The summed E-state index contributed by atoms with van der Waals surface area (Å²) in [4.78, 5) is 4.10.